The molecule has 86 valence electrons. The standard InChI is InChI=1S/C12H15NO3/c1-10(14)13-12(8-16-9-15-2)11-6-4-3-5-7-11/h3-8H,9H2,1-2H3,(H,13,14)/b12-8+. The van der Waals surface area contributed by atoms with E-state index in [9.17, 15) is 4.79 Å². The minimum absolute atomic E-state index is 0.142. The van der Waals surface area contributed by atoms with Crippen LogP contribution in [0.1, 0.15) is 12.5 Å². The van der Waals surface area contributed by atoms with Crippen molar-refractivity contribution in [3.8, 4) is 0 Å². The molecule has 0 aliphatic heterocycles. The van der Waals surface area contributed by atoms with Crippen LogP contribution in [-0.2, 0) is 14.3 Å². The molecule has 1 amide bonds. The van der Waals surface area contributed by atoms with Gasteiger partial charge in [0, 0.05) is 19.6 Å². The van der Waals surface area contributed by atoms with Crippen molar-refractivity contribution in [2.24, 2.45) is 0 Å². The molecule has 0 aromatic heterocycles. The zero-order valence-electron chi connectivity index (χ0n) is 9.40. The number of amides is 1. The molecule has 1 N–H and O–H groups in total. The molecule has 0 aliphatic carbocycles. The summed E-state index contributed by atoms with van der Waals surface area (Å²) in [5, 5.41) is 2.70. The number of ether oxygens (including phenoxy) is 2. The Kier molecular flexibility index (Phi) is 5.08. The Balaban J connectivity index is 2.79. The molecule has 0 fully saturated rings. The maximum atomic E-state index is 11.0. The van der Waals surface area contributed by atoms with Crippen LogP contribution in [0.25, 0.3) is 5.70 Å². The van der Waals surface area contributed by atoms with Crippen LogP contribution in [-0.4, -0.2) is 19.8 Å². The van der Waals surface area contributed by atoms with Crippen LogP contribution in [0.3, 0.4) is 0 Å². The SMILES string of the molecule is COCO/C=C(/NC(C)=O)c1ccccc1. The normalized spacial score (nSPS) is 11.0. The van der Waals surface area contributed by atoms with Gasteiger partial charge in [0.1, 0.15) is 6.26 Å². The molecule has 0 saturated carbocycles. The summed E-state index contributed by atoms with van der Waals surface area (Å²) in [7, 11) is 1.54. The average Bonchev–Trinajstić information content (AvgIpc) is 2.29. The van der Waals surface area contributed by atoms with E-state index >= 15 is 0 Å². The summed E-state index contributed by atoms with van der Waals surface area (Å²) in [6.45, 7) is 1.60. The summed E-state index contributed by atoms with van der Waals surface area (Å²) in [6, 6.07) is 9.46. The molecule has 4 heteroatoms. The van der Waals surface area contributed by atoms with E-state index in [1.807, 2.05) is 30.3 Å². The number of hydrogen-bond acceptors (Lipinski definition) is 3. The number of carbonyl (C=O) groups is 1. The average molecular weight is 221 g/mol. The second-order valence-corrected chi connectivity index (χ2v) is 3.15. The Morgan fingerprint density at radius 2 is 2.06 bits per heavy atom. The molecule has 0 spiro atoms. The lowest BCUT2D eigenvalue weighted by Gasteiger charge is -2.08. The maximum Gasteiger partial charge on any atom is 0.221 e. The summed E-state index contributed by atoms with van der Waals surface area (Å²) in [4.78, 5) is 11.0. The third-order valence-electron chi connectivity index (χ3n) is 1.78. The molecular formula is C12H15NO3. The Labute approximate surface area is 94.9 Å². The van der Waals surface area contributed by atoms with Crippen LogP contribution in [0.15, 0.2) is 36.6 Å². The lowest BCUT2D eigenvalue weighted by atomic mass is 10.2. The second-order valence-electron chi connectivity index (χ2n) is 3.15. The van der Waals surface area contributed by atoms with Gasteiger partial charge in [-0.3, -0.25) is 4.79 Å². The van der Waals surface area contributed by atoms with E-state index in [0.29, 0.717) is 5.70 Å². The van der Waals surface area contributed by atoms with Crippen molar-refractivity contribution in [3.63, 3.8) is 0 Å². The monoisotopic (exact) mass is 221 g/mol. The molecule has 1 rings (SSSR count). The molecular weight excluding hydrogens is 206 g/mol. The number of carbonyl (C=O) groups excluding carboxylic acids is 1. The van der Waals surface area contributed by atoms with Gasteiger partial charge in [0.2, 0.25) is 5.91 Å². The number of rotatable bonds is 5. The topological polar surface area (TPSA) is 47.6 Å². The van der Waals surface area contributed by atoms with Gasteiger partial charge in [0.25, 0.3) is 0 Å². The minimum atomic E-state index is -0.142. The zero-order valence-corrected chi connectivity index (χ0v) is 9.40. The van der Waals surface area contributed by atoms with Crippen LogP contribution in [0, 0.1) is 0 Å². The largest absolute Gasteiger partial charge is 0.473 e. The highest BCUT2D eigenvalue weighted by Crippen LogP contribution is 2.10. The highest BCUT2D eigenvalue weighted by molar-refractivity contribution is 5.84. The fraction of sp³-hybridized carbons (Fsp3) is 0.250. The van der Waals surface area contributed by atoms with Crippen molar-refractivity contribution in [1.82, 2.24) is 5.32 Å². The Hall–Kier alpha value is -1.81. The van der Waals surface area contributed by atoms with Gasteiger partial charge in [0.05, 0.1) is 5.70 Å². The molecule has 1 aromatic rings. The van der Waals surface area contributed by atoms with Crippen molar-refractivity contribution in [2.45, 2.75) is 6.92 Å². The van der Waals surface area contributed by atoms with Crippen LogP contribution in [0.4, 0.5) is 0 Å². The van der Waals surface area contributed by atoms with Gasteiger partial charge < -0.3 is 14.8 Å². The second kappa shape index (κ2) is 6.63. The molecule has 0 heterocycles. The summed E-state index contributed by atoms with van der Waals surface area (Å²) in [5.41, 5.74) is 1.50. The fourth-order valence-electron chi connectivity index (χ4n) is 1.16. The molecule has 0 atom stereocenters. The quantitative estimate of drug-likeness (QED) is 0.468. The lowest BCUT2D eigenvalue weighted by molar-refractivity contribution is -0.117. The van der Waals surface area contributed by atoms with Crippen molar-refractivity contribution in [3.05, 3.63) is 42.2 Å². The first-order valence-electron chi connectivity index (χ1n) is 4.87. The highest BCUT2D eigenvalue weighted by Gasteiger charge is 2.02. The summed E-state index contributed by atoms with van der Waals surface area (Å²) in [6.07, 6.45) is 1.47. The third-order valence-corrected chi connectivity index (χ3v) is 1.78. The molecule has 0 unspecified atom stereocenters. The first kappa shape index (κ1) is 12.3. The van der Waals surface area contributed by atoms with Crippen molar-refractivity contribution in [2.75, 3.05) is 13.9 Å². The predicted molar refractivity (Wildman–Crippen MR) is 61.2 cm³/mol. The van der Waals surface area contributed by atoms with Gasteiger partial charge >= 0.3 is 0 Å². The molecule has 4 nitrogen and oxygen atoms in total. The Morgan fingerprint density at radius 3 is 2.62 bits per heavy atom. The lowest BCUT2D eigenvalue weighted by Crippen LogP contribution is -2.18. The van der Waals surface area contributed by atoms with Crippen molar-refractivity contribution in [1.29, 1.82) is 0 Å². The predicted octanol–water partition coefficient (Wildman–Crippen LogP) is 1.74. The molecule has 0 radical (unpaired) electrons. The number of hydrogen-bond donors (Lipinski definition) is 1. The summed E-state index contributed by atoms with van der Waals surface area (Å²) >= 11 is 0. The van der Waals surface area contributed by atoms with E-state index in [-0.39, 0.29) is 12.7 Å². The molecule has 1 aromatic carbocycles. The molecule has 0 bridgehead atoms. The van der Waals surface area contributed by atoms with E-state index in [0.717, 1.165) is 5.56 Å². The van der Waals surface area contributed by atoms with E-state index in [1.165, 1.54) is 20.3 Å². The van der Waals surface area contributed by atoms with Gasteiger partial charge in [-0.05, 0) is 0 Å². The van der Waals surface area contributed by atoms with Crippen LogP contribution < -0.4 is 5.32 Å². The third kappa shape index (κ3) is 4.14. The van der Waals surface area contributed by atoms with Gasteiger partial charge in [-0.25, -0.2) is 0 Å². The van der Waals surface area contributed by atoms with Crippen LogP contribution in [0.5, 0.6) is 0 Å². The van der Waals surface area contributed by atoms with E-state index in [2.05, 4.69) is 5.32 Å². The summed E-state index contributed by atoms with van der Waals surface area (Å²) in [5.74, 6) is -0.142. The van der Waals surface area contributed by atoms with Gasteiger partial charge in [0.15, 0.2) is 6.79 Å². The van der Waals surface area contributed by atoms with Crippen molar-refractivity contribution < 1.29 is 14.3 Å². The smallest absolute Gasteiger partial charge is 0.221 e. The highest BCUT2D eigenvalue weighted by atomic mass is 16.7. The van der Waals surface area contributed by atoms with Crippen LogP contribution in [0.2, 0.25) is 0 Å². The fourth-order valence-corrected chi connectivity index (χ4v) is 1.16. The Bertz CT molecular complexity index is 360. The molecule has 0 saturated heterocycles. The van der Waals surface area contributed by atoms with E-state index in [1.54, 1.807) is 0 Å². The van der Waals surface area contributed by atoms with Crippen molar-refractivity contribution >= 4 is 11.6 Å². The molecule has 16 heavy (non-hydrogen) atoms. The molecule has 0 aliphatic rings. The maximum absolute atomic E-state index is 11.0. The van der Waals surface area contributed by atoms with Gasteiger partial charge in [-0.1, -0.05) is 30.3 Å². The zero-order chi connectivity index (χ0) is 11.8. The van der Waals surface area contributed by atoms with Crippen LogP contribution >= 0.6 is 0 Å². The summed E-state index contributed by atoms with van der Waals surface area (Å²) < 4.78 is 9.85. The van der Waals surface area contributed by atoms with Gasteiger partial charge in [-0.15, -0.1) is 0 Å². The number of nitrogens with one attached hydrogen (secondary N) is 1. The number of benzene rings is 1. The minimum Gasteiger partial charge on any atom is -0.473 e. The van der Waals surface area contributed by atoms with Gasteiger partial charge in [-0.2, -0.15) is 0 Å². The first-order valence-corrected chi connectivity index (χ1v) is 4.87. The van der Waals surface area contributed by atoms with E-state index < -0.39 is 0 Å². The number of methoxy groups -OCH3 is 1. The van der Waals surface area contributed by atoms with E-state index in [4.69, 9.17) is 9.47 Å². The Morgan fingerprint density at radius 1 is 1.38 bits per heavy atom. The first-order chi connectivity index (χ1) is 7.74.